The molecule has 1 aromatic carbocycles. The first-order chi connectivity index (χ1) is 8.13. The van der Waals surface area contributed by atoms with E-state index in [4.69, 9.17) is 5.26 Å². The minimum Gasteiger partial charge on any atom is -0.356 e. The molecule has 0 saturated carbocycles. The van der Waals surface area contributed by atoms with E-state index in [2.05, 4.69) is 5.32 Å². The fourth-order valence-corrected chi connectivity index (χ4v) is 1.30. The number of rotatable bonds is 5. The zero-order valence-corrected chi connectivity index (χ0v) is 9.17. The lowest BCUT2D eigenvalue weighted by Gasteiger charge is -2.04. The highest BCUT2D eigenvalue weighted by molar-refractivity contribution is 5.76. The Hall–Kier alpha value is -1.96. The molecule has 0 heterocycles. The van der Waals surface area contributed by atoms with Crippen LogP contribution in [-0.4, -0.2) is 12.5 Å². The Morgan fingerprint density at radius 3 is 2.76 bits per heavy atom. The SMILES string of the molecule is N#CCCC(=O)NCCc1ccc(F)c(F)c1. The smallest absolute Gasteiger partial charge is 0.221 e. The molecule has 1 N–H and O–H groups in total. The van der Waals surface area contributed by atoms with Gasteiger partial charge < -0.3 is 5.32 Å². The van der Waals surface area contributed by atoms with Gasteiger partial charge in [-0.25, -0.2) is 8.78 Å². The number of halogens is 2. The van der Waals surface area contributed by atoms with Crippen LogP contribution < -0.4 is 5.32 Å². The van der Waals surface area contributed by atoms with E-state index in [-0.39, 0.29) is 18.7 Å². The molecule has 1 rings (SSSR count). The minimum absolute atomic E-state index is 0.161. The van der Waals surface area contributed by atoms with Gasteiger partial charge in [-0.1, -0.05) is 6.07 Å². The molecular weight excluding hydrogens is 226 g/mol. The normalized spacial score (nSPS) is 9.71. The van der Waals surface area contributed by atoms with E-state index in [1.54, 1.807) is 0 Å². The van der Waals surface area contributed by atoms with Crippen molar-refractivity contribution in [2.45, 2.75) is 19.3 Å². The molecule has 3 nitrogen and oxygen atoms in total. The maximum atomic E-state index is 12.8. The molecule has 0 radical (unpaired) electrons. The van der Waals surface area contributed by atoms with Gasteiger partial charge in [0.1, 0.15) is 0 Å². The van der Waals surface area contributed by atoms with Gasteiger partial charge in [-0.2, -0.15) is 5.26 Å². The van der Waals surface area contributed by atoms with Crippen LogP contribution in [-0.2, 0) is 11.2 Å². The zero-order chi connectivity index (χ0) is 12.7. The zero-order valence-electron chi connectivity index (χ0n) is 9.17. The summed E-state index contributed by atoms with van der Waals surface area (Å²) in [6, 6.07) is 5.51. The van der Waals surface area contributed by atoms with Gasteiger partial charge >= 0.3 is 0 Å². The van der Waals surface area contributed by atoms with Crippen molar-refractivity contribution in [3.05, 3.63) is 35.4 Å². The Bertz CT molecular complexity index is 441. The second-order valence-corrected chi connectivity index (χ2v) is 3.51. The van der Waals surface area contributed by atoms with Crippen LogP contribution in [0, 0.1) is 23.0 Å². The number of nitrogens with zero attached hydrogens (tertiary/aromatic N) is 1. The molecule has 0 aliphatic rings. The van der Waals surface area contributed by atoms with E-state index in [1.807, 2.05) is 6.07 Å². The highest BCUT2D eigenvalue weighted by Gasteiger charge is 2.03. The number of nitrogens with one attached hydrogen (secondary N) is 1. The summed E-state index contributed by atoms with van der Waals surface area (Å²) in [4.78, 5) is 11.1. The van der Waals surface area contributed by atoms with Crippen molar-refractivity contribution in [1.29, 1.82) is 5.26 Å². The molecule has 0 fully saturated rings. The third-order valence-corrected chi connectivity index (χ3v) is 2.18. The lowest BCUT2D eigenvalue weighted by atomic mass is 10.1. The van der Waals surface area contributed by atoms with E-state index in [1.165, 1.54) is 6.07 Å². The van der Waals surface area contributed by atoms with Crippen molar-refractivity contribution in [2.24, 2.45) is 0 Å². The van der Waals surface area contributed by atoms with Crippen molar-refractivity contribution in [1.82, 2.24) is 5.32 Å². The maximum absolute atomic E-state index is 12.8. The summed E-state index contributed by atoms with van der Waals surface area (Å²) in [7, 11) is 0. The van der Waals surface area contributed by atoms with Crippen LogP contribution in [0.3, 0.4) is 0 Å². The van der Waals surface area contributed by atoms with Crippen LogP contribution in [0.15, 0.2) is 18.2 Å². The van der Waals surface area contributed by atoms with Crippen LogP contribution in [0.25, 0.3) is 0 Å². The number of nitriles is 1. The summed E-state index contributed by atoms with van der Waals surface area (Å²) >= 11 is 0. The van der Waals surface area contributed by atoms with Crippen molar-refractivity contribution in [3.8, 4) is 6.07 Å². The van der Waals surface area contributed by atoms with Gasteiger partial charge in [0.15, 0.2) is 11.6 Å². The minimum atomic E-state index is -0.890. The Balaban J connectivity index is 2.33. The number of benzene rings is 1. The van der Waals surface area contributed by atoms with Crippen LogP contribution in [0.4, 0.5) is 8.78 Å². The fourth-order valence-electron chi connectivity index (χ4n) is 1.30. The second kappa shape index (κ2) is 6.59. The Labute approximate surface area is 98.1 Å². The molecule has 0 atom stereocenters. The van der Waals surface area contributed by atoms with Gasteiger partial charge in [0, 0.05) is 19.4 Å². The monoisotopic (exact) mass is 238 g/mol. The summed E-state index contributed by atoms with van der Waals surface area (Å²) in [6.45, 7) is 0.343. The molecule has 1 amide bonds. The maximum Gasteiger partial charge on any atom is 0.221 e. The van der Waals surface area contributed by atoms with E-state index in [0.29, 0.717) is 18.5 Å². The first-order valence-electron chi connectivity index (χ1n) is 5.21. The molecular formula is C12H12F2N2O. The number of hydrogen-bond donors (Lipinski definition) is 1. The molecule has 0 aliphatic heterocycles. The lowest BCUT2D eigenvalue weighted by molar-refractivity contribution is -0.120. The number of carbonyl (C=O) groups excluding carboxylic acids is 1. The van der Waals surface area contributed by atoms with Crippen LogP contribution in [0.2, 0.25) is 0 Å². The van der Waals surface area contributed by atoms with Crippen LogP contribution in [0.5, 0.6) is 0 Å². The van der Waals surface area contributed by atoms with E-state index in [9.17, 15) is 13.6 Å². The predicted octanol–water partition coefficient (Wildman–Crippen LogP) is 1.93. The molecule has 0 unspecified atom stereocenters. The number of amides is 1. The third-order valence-electron chi connectivity index (χ3n) is 2.18. The fraction of sp³-hybridized carbons (Fsp3) is 0.333. The highest BCUT2D eigenvalue weighted by atomic mass is 19.2. The van der Waals surface area contributed by atoms with Crippen molar-refractivity contribution in [2.75, 3.05) is 6.54 Å². The van der Waals surface area contributed by atoms with Crippen LogP contribution >= 0.6 is 0 Å². The summed E-state index contributed by atoms with van der Waals surface area (Å²) in [6.07, 6.45) is 0.765. The van der Waals surface area contributed by atoms with Crippen LogP contribution in [0.1, 0.15) is 18.4 Å². The molecule has 0 spiro atoms. The van der Waals surface area contributed by atoms with E-state index in [0.717, 1.165) is 12.1 Å². The van der Waals surface area contributed by atoms with Gasteiger partial charge in [-0.3, -0.25) is 4.79 Å². The predicted molar refractivity (Wildman–Crippen MR) is 57.9 cm³/mol. The number of hydrogen-bond acceptors (Lipinski definition) is 2. The van der Waals surface area contributed by atoms with Gasteiger partial charge in [0.25, 0.3) is 0 Å². The summed E-state index contributed by atoms with van der Waals surface area (Å²) in [5.74, 6) is -1.99. The summed E-state index contributed by atoms with van der Waals surface area (Å²) < 4.78 is 25.4. The molecule has 1 aromatic rings. The molecule has 5 heteroatoms. The van der Waals surface area contributed by atoms with Gasteiger partial charge in [-0.05, 0) is 24.1 Å². The standard InChI is InChI=1S/C12H12F2N2O/c13-10-4-3-9(8-11(10)14)5-7-16-12(17)2-1-6-15/h3-4,8H,1-2,5,7H2,(H,16,17). The largest absolute Gasteiger partial charge is 0.356 e. The summed E-state index contributed by atoms with van der Waals surface area (Å²) in [5, 5.41) is 10.9. The second-order valence-electron chi connectivity index (χ2n) is 3.51. The van der Waals surface area contributed by atoms with E-state index < -0.39 is 11.6 Å². The van der Waals surface area contributed by atoms with Crippen molar-refractivity contribution in [3.63, 3.8) is 0 Å². The third kappa shape index (κ3) is 4.60. The van der Waals surface area contributed by atoms with Gasteiger partial charge in [0.2, 0.25) is 5.91 Å². The average molecular weight is 238 g/mol. The average Bonchev–Trinajstić information content (AvgIpc) is 2.31. The molecule has 0 bridgehead atoms. The van der Waals surface area contributed by atoms with Gasteiger partial charge in [0.05, 0.1) is 6.07 Å². The lowest BCUT2D eigenvalue weighted by Crippen LogP contribution is -2.25. The Morgan fingerprint density at radius 1 is 1.35 bits per heavy atom. The Kier molecular flexibility index (Phi) is 5.08. The highest BCUT2D eigenvalue weighted by Crippen LogP contribution is 2.08. The molecule has 17 heavy (non-hydrogen) atoms. The quantitative estimate of drug-likeness (QED) is 0.852. The van der Waals surface area contributed by atoms with E-state index >= 15 is 0 Å². The Morgan fingerprint density at radius 2 is 2.12 bits per heavy atom. The molecule has 0 saturated heterocycles. The molecule has 0 aromatic heterocycles. The first-order valence-corrected chi connectivity index (χ1v) is 5.21. The van der Waals surface area contributed by atoms with Gasteiger partial charge in [-0.15, -0.1) is 0 Å². The van der Waals surface area contributed by atoms with Crippen molar-refractivity contribution < 1.29 is 13.6 Å². The van der Waals surface area contributed by atoms with Crippen molar-refractivity contribution >= 4 is 5.91 Å². The number of carbonyl (C=O) groups is 1. The topological polar surface area (TPSA) is 52.9 Å². The molecule has 0 aliphatic carbocycles. The summed E-state index contributed by atoms with van der Waals surface area (Å²) in [5.41, 5.74) is 0.615. The molecule has 90 valence electrons. The first kappa shape index (κ1) is 13.1.